The zero-order chi connectivity index (χ0) is 14.5. The van der Waals surface area contributed by atoms with Crippen LogP contribution in [-0.2, 0) is 6.54 Å². The highest BCUT2D eigenvalue weighted by Crippen LogP contribution is 2.29. The fourth-order valence-electron chi connectivity index (χ4n) is 2.14. The van der Waals surface area contributed by atoms with Gasteiger partial charge in [0.25, 0.3) is 0 Å². The second-order valence-corrected chi connectivity index (χ2v) is 5.72. The van der Waals surface area contributed by atoms with Gasteiger partial charge in [-0.2, -0.15) is 0 Å². The van der Waals surface area contributed by atoms with Crippen LogP contribution in [0.3, 0.4) is 0 Å². The van der Waals surface area contributed by atoms with Gasteiger partial charge in [-0.05, 0) is 65.2 Å². The quantitative estimate of drug-likeness (QED) is 0.902. The molecule has 0 aliphatic heterocycles. The normalized spacial score (nSPS) is 12.2. The minimum Gasteiger partial charge on any atom is -0.367 e. The van der Waals surface area contributed by atoms with Crippen LogP contribution >= 0.6 is 15.9 Å². The van der Waals surface area contributed by atoms with Crippen molar-refractivity contribution in [3.8, 4) is 0 Å². The number of nitrogens with zero attached hydrogens (tertiary/aromatic N) is 2. The molecule has 2 N–H and O–H groups in total. The Labute approximate surface area is 129 Å². The molecule has 0 amide bonds. The Kier molecular flexibility index (Phi) is 5.15. The molecule has 106 valence electrons. The summed E-state index contributed by atoms with van der Waals surface area (Å²) in [6.45, 7) is 5.97. The van der Waals surface area contributed by atoms with Crippen LogP contribution in [0.25, 0.3) is 0 Å². The molecule has 20 heavy (non-hydrogen) atoms. The first kappa shape index (κ1) is 15.0. The number of hydrogen-bond donors (Lipinski definition) is 1. The van der Waals surface area contributed by atoms with Gasteiger partial charge in [-0.15, -0.1) is 0 Å². The highest BCUT2D eigenvalue weighted by atomic mass is 79.9. The lowest BCUT2D eigenvalue weighted by Crippen LogP contribution is -2.22. The van der Waals surface area contributed by atoms with Crippen molar-refractivity contribution >= 4 is 21.6 Å². The molecule has 4 heteroatoms. The number of hydrogen-bond acceptors (Lipinski definition) is 3. The molecule has 0 saturated heterocycles. The molecule has 1 atom stereocenters. The average Bonchev–Trinajstić information content (AvgIpc) is 2.46. The molecule has 2 rings (SSSR count). The van der Waals surface area contributed by atoms with E-state index < -0.39 is 0 Å². The van der Waals surface area contributed by atoms with Gasteiger partial charge >= 0.3 is 0 Å². The summed E-state index contributed by atoms with van der Waals surface area (Å²) in [6, 6.07) is 10.5. The first-order chi connectivity index (χ1) is 9.61. The Bertz CT molecular complexity index is 555. The molecule has 0 saturated carbocycles. The van der Waals surface area contributed by atoms with Crippen LogP contribution in [0.4, 0.5) is 5.69 Å². The zero-order valence-corrected chi connectivity index (χ0v) is 13.5. The third-order valence-electron chi connectivity index (χ3n) is 3.34. The smallest absolute Gasteiger partial charge is 0.0513 e. The van der Waals surface area contributed by atoms with Crippen LogP contribution in [0.1, 0.15) is 31.0 Å². The van der Waals surface area contributed by atoms with Crippen molar-refractivity contribution in [3.63, 3.8) is 0 Å². The van der Waals surface area contributed by atoms with Crippen LogP contribution < -0.4 is 10.6 Å². The summed E-state index contributed by atoms with van der Waals surface area (Å²) in [6.07, 6.45) is 3.66. The molecule has 3 nitrogen and oxygen atoms in total. The van der Waals surface area contributed by atoms with Crippen LogP contribution in [0.2, 0.25) is 0 Å². The molecule has 2 aromatic rings. The van der Waals surface area contributed by atoms with Crippen LogP contribution in [-0.4, -0.2) is 11.5 Å². The summed E-state index contributed by atoms with van der Waals surface area (Å²) < 4.78 is 1.09. The van der Waals surface area contributed by atoms with Crippen molar-refractivity contribution in [2.24, 2.45) is 5.73 Å². The van der Waals surface area contributed by atoms with Gasteiger partial charge in [0.15, 0.2) is 0 Å². The van der Waals surface area contributed by atoms with Gasteiger partial charge in [0, 0.05) is 36.0 Å². The minimum absolute atomic E-state index is 0.0515. The zero-order valence-electron chi connectivity index (χ0n) is 11.9. The third kappa shape index (κ3) is 3.58. The third-order valence-corrected chi connectivity index (χ3v) is 3.98. The number of anilines is 1. The van der Waals surface area contributed by atoms with E-state index in [9.17, 15) is 0 Å². The Balaban J connectivity index is 2.23. The van der Waals surface area contributed by atoms with Gasteiger partial charge in [0.1, 0.15) is 0 Å². The average molecular weight is 334 g/mol. The largest absolute Gasteiger partial charge is 0.367 e. The maximum Gasteiger partial charge on any atom is 0.0513 e. The number of halogens is 1. The van der Waals surface area contributed by atoms with Crippen LogP contribution in [0.5, 0.6) is 0 Å². The maximum absolute atomic E-state index is 5.92. The Morgan fingerprint density at radius 1 is 1.25 bits per heavy atom. The first-order valence-electron chi connectivity index (χ1n) is 6.80. The topological polar surface area (TPSA) is 42.2 Å². The second kappa shape index (κ2) is 6.86. The molecule has 1 aromatic heterocycles. The molecular weight excluding hydrogens is 314 g/mol. The van der Waals surface area contributed by atoms with Gasteiger partial charge in [-0.3, -0.25) is 4.98 Å². The Morgan fingerprint density at radius 3 is 2.50 bits per heavy atom. The second-order valence-electron chi connectivity index (χ2n) is 4.87. The fourth-order valence-corrected chi connectivity index (χ4v) is 2.79. The Morgan fingerprint density at radius 2 is 1.95 bits per heavy atom. The summed E-state index contributed by atoms with van der Waals surface area (Å²) in [5.74, 6) is 0. The SMILES string of the molecule is CCN(Cc1ccncc1)c1ccc([C@@H](C)N)cc1Br. The molecule has 1 heterocycles. The van der Waals surface area contributed by atoms with Crippen molar-refractivity contribution in [2.75, 3.05) is 11.4 Å². The van der Waals surface area contributed by atoms with Gasteiger partial charge in [-0.1, -0.05) is 6.07 Å². The predicted octanol–water partition coefficient (Wildman–Crippen LogP) is 3.89. The number of rotatable bonds is 5. The highest BCUT2D eigenvalue weighted by molar-refractivity contribution is 9.10. The highest BCUT2D eigenvalue weighted by Gasteiger charge is 2.11. The molecule has 1 aromatic carbocycles. The van der Waals surface area contributed by atoms with E-state index in [-0.39, 0.29) is 6.04 Å². The van der Waals surface area contributed by atoms with E-state index in [2.05, 4.69) is 50.9 Å². The van der Waals surface area contributed by atoms with Gasteiger partial charge < -0.3 is 10.6 Å². The van der Waals surface area contributed by atoms with E-state index in [1.54, 1.807) is 0 Å². The van der Waals surface area contributed by atoms with Gasteiger partial charge in [-0.25, -0.2) is 0 Å². The summed E-state index contributed by atoms with van der Waals surface area (Å²) in [5.41, 5.74) is 9.51. The van der Waals surface area contributed by atoms with Crippen molar-refractivity contribution in [1.29, 1.82) is 0 Å². The molecule has 0 aliphatic carbocycles. The van der Waals surface area contributed by atoms with Gasteiger partial charge in [0.2, 0.25) is 0 Å². The lowest BCUT2D eigenvalue weighted by atomic mass is 10.1. The molecular formula is C16H20BrN3. The summed E-state index contributed by atoms with van der Waals surface area (Å²) in [4.78, 5) is 6.38. The van der Waals surface area contributed by atoms with Crippen molar-refractivity contribution in [3.05, 3.63) is 58.3 Å². The van der Waals surface area contributed by atoms with E-state index in [1.807, 2.05) is 31.5 Å². The fraction of sp³-hybridized carbons (Fsp3) is 0.312. The van der Waals surface area contributed by atoms with Crippen molar-refractivity contribution in [2.45, 2.75) is 26.4 Å². The van der Waals surface area contributed by atoms with Crippen molar-refractivity contribution < 1.29 is 0 Å². The van der Waals surface area contributed by atoms with E-state index >= 15 is 0 Å². The molecule has 0 aliphatic rings. The first-order valence-corrected chi connectivity index (χ1v) is 7.60. The lowest BCUT2D eigenvalue weighted by molar-refractivity contribution is 0.808. The van der Waals surface area contributed by atoms with Crippen LogP contribution in [0.15, 0.2) is 47.2 Å². The van der Waals surface area contributed by atoms with E-state index in [4.69, 9.17) is 5.73 Å². The van der Waals surface area contributed by atoms with E-state index in [1.165, 1.54) is 11.3 Å². The van der Waals surface area contributed by atoms with Crippen LogP contribution in [0, 0.1) is 0 Å². The standard InChI is InChI=1S/C16H20BrN3/c1-3-20(11-13-6-8-19-9-7-13)16-5-4-14(12(2)18)10-15(16)17/h4-10,12H,3,11,18H2,1-2H3/t12-/m1/s1. The van der Waals surface area contributed by atoms with Crippen molar-refractivity contribution in [1.82, 2.24) is 4.98 Å². The number of aromatic nitrogens is 1. The summed E-state index contributed by atoms with van der Waals surface area (Å²) >= 11 is 3.66. The number of benzene rings is 1. The molecule has 0 unspecified atom stereocenters. The summed E-state index contributed by atoms with van der Waals surface area (Å²) in [7, 11) is 0. The molecule has 0 fully saturated rings. The maximum atomic E-state index is 5.92. The monoisotopic (exact) mass is 333 g/mol. The van der Waals surface area contributed by atoms with E-state index in [0.717, 1.165) is 23.1 Å². The van der Waals surface area contributed by atoms with Gasteiger partial charge in [0.05, 0.1) is 5.69 Å². The molecule has 0 bridgehead atoms. The predicted molar refractivity (Wildman–Crippen MR) is 87.7 cm³/mol. The molecule has 0 radical (unpaired) electrons. The minimum atomic E-state index is 0.0515. The number of nitrogens with two attached hydrogens (primary N) is 1. The summed E-state index contributed by atoms with van der Waals surface area (Å²) in [5, 5.41) is 0. The van der Waals surface area contributed by atoms with E-state index in [0.29, 0.717) is 0 Å². The lowest BCUT2D eigenvalue weighted by Gasteiger charge is -2.25. The Hall–Kier alpha value is -1.39. The number of pyridine rings is 1. The molecule has 0 spiro atoms.